The highest BCUT2D eigenvalue weighted by atomic mass is 16.5. The summed E-state index contributed by atoms with van der Waals surface area (Å²) in [6.45, 7) is 3.14. The first-order valence-corrected chi connectivity index (χ1v) is 11.7. The van der Waals surface area contributed by atoms with Gasteiger partial charge in [0.2, 0.25) is 0 Å². The Kier molecular flexibility index (Phi) is 7.27. The number of piperidine rings is 1. The molecule has 2 aromatic carbocycles. The zero-order valence-electron chi connectivity index (χ0n) is 20.6. The van der Waals surface area contributed by atoms with Crippen LogP contribution in [0, 0.1) is 0 Å². The Morgan fingerprint density at radius 1 is 0.765 bits per heavy atom. The summed E-state index contributed by atoms with van der Waals surface area (Å²) in [7, 11) is 6.48. The summed E-state index contributed by atoms with van der Waals surface area (Å²) in [6, 6.07) is 11.8. The van der Waals surface area contributed by atoms with Crippen molar-refractivity contribution in [3.05, 3.63) is 58.7 Å². The second-order valence-corrected chi connectivity index (χ2v) is 8.60. The van der Waals surface area contributed by atoms with Gasteiger partial charge in [0.15, 0.2) is 28.8 Å². The second-order valence-electron chi connectivity index (χ2n) is 8.60. The number of methoxy groups -OCH3 is 4. The van der Waals surface area contributed by atoms with Crippen molar-refractivity contribution in [2.75, 3.05) is 35.0 Å². The Morgan fingerprint density at radius 2 is 1.21 bits per heavy atom. The summed E-state index contributed by atoms with van der Waals surface area (Å²) in [5.41, 5.74) is 3.52. The van der Waals surface area contributed by atoms with E-state index in [0.29, 0.717) is 23.0 Å². The fraction of sp³-hybridized carbons (Fsp3) is 0.393. The Bertz CT molecular complexity index is 1040. The van der Waals surface area contributed by atoms with Crippen molar-refractivity contribution in [3.8, 4) is 23.0 Å². The van der Waals surface area contributed by atoms with E-state index >= 15 is 0 Å². The van der Waals surface area contributed by atoms with Gasteiger partial charge in [0.1, 0.15) is 0 Å². The summed E-state index contributed by atoms with van der Waals surface area (Å²) in [5, 5.41) is 0. The highest BCUT2D eigenvalue weighted by Gasteiger charge is 2.46. The molecule has 180 valence electrons. The number of benzene rings is 2. The van der Waals surface area contributed by atoms with Gasteiger partial charge in [-0.15, -0.1) is 0 Å². The summed E-state index contributed by atoms with van der Waals surface area (Å²) >= 11 is 0. The molecule has 6 heteroatoms. The average Bonchev–Trinajstić information content (AvgIpc) is 3.22. The van der Waals surface area contributed by atoms with E-state index in [-0.39, 0.29) is 17.9 Å². The van der Waals surface area contributed by atoms with Crippen molar-refractivity contribution in [3.63, 3.8) is 0 Å². The fourth-order valence-electron chi connectivity index (χ4n) is 5.14. The highest BCUT2D eigenvalue weighted by molar-refractivity contribution is 6.16. The number of ether oxygens (including phenoxy) is 4. The number of hydrogen-bond acceptors (Lipinski definition) is 6. The van der Waals surface area contributed by atoms with Gasteiger partial charge in [0, 0.05) is 23.2 Å². The molecule has 2 aliphatic rings. The number of Topliss-reactive ketones (excluding diaryl/α,β-unsaturated/α-hetero) is 1. The first-order valence-electron chi connectivity index (χ1n) is 11.7. The quantitative estimate of drug-likeness (QED) is 0.513. The molecule has 2 heterocycles. The van der Waals surface area contributed by atoms with E-state index in [9.17, 15) is 4.79 Å². The van der Waals surface area contributed by atoms with Crippen LogP contribution in [-0.2, 0) is 4.79 Å². The molecule has 2 aromatic rings. The largest absolute Gasteiger partial charge is 0.493 e. The SMILES string of the molecule is CCCN1[C@@H]2CC[C@H]1/C(=C\c1ccc(OC)c(OC)c1)C(=O)/C2=C/c1ccc(OC)c(OC)c1. The minimum absolute atomic E-state index is 0.115. The molecule has 0 amide bonds. The smallest absolute Gasteiger partial charge is 0.188 e. The van der Waals surface area contributed by atoms with Crippen LogP contribution < -0.4 is 18.9 Å². The highest BCUT2D eigenvalue weighted by Crippen LogP contribution is 2.42. The van der Waals surface area contributed by atoms with Crippen LogP contribution in [0.1, 0.15) is 37.3 Å². The lowest BCUT2D eigenvalue weighted by Crippen LogP contribution is -2.46. The van der Waals surface area contributed by atoms with Gasteiger partial charge in [0.25, 0.3) is 0 Å². The van der Waals surface area contributed by atoms with E-state index in [1.54, 1.807) is 28.4 Å². The van der Waals surface area contributed by atoms with Crippen LogP contribution in [0.3, 0.4) is 0 Å². The molecule has 6 nitrogen and oxygen atoms in total. The molecular weight excluding hydrogens is 430 g/mol. The average molecular weight is 464 g/mol. The van der Waals surface area contributed by atoms with Gasteiger partial charge in [-0.1, -0.05) is 19.1 Å². The molecule has 4 rings (SSSR count). The van der Waals surface area contributed by atoms with Gasteiger partial charge in [-0.05, 0) is 73.4 Å². The maximum atomic E-state index is 13.8. The standard InChI is InChI=1S/C28H33NO5/c1-6-13-29-22-9-10-23(29)21(15-19-8-12-25(32-3)27(17-19)34-5)28(30)20(22)14-18-7-11-24(31-2)26(16-18)33-4/h7-8,11-12,14-17,22-23H,6,9-10,13H2,1-5H3/b20-14+,21-15+/t22-,23+. The number of carbonyl (C=O) groups excluding carboxylic acids is 1. The van der Waals surface area contributed by atoms with Crippen LogP contribution in [0.2, 0.25) is 0 Å². The number of rotatable bonds is 8. The number of ketones is 1. The molecule has 0 spiro atoms. The van der Waals surface area contributed by atoms with Crippen molar-refractivity contribution in [2.24, 2.45) is 0 Å². The summed E-state index contributed by atoms with van der Waals surface area (Å²) in [4.78, 5) is 16.3. The predicted octanol–water partition coefficient (Wildman–Crippen LogP) is 5.01. The van der Waals surface area contributed by atoms with Crippen LogP contribution in [0.15, 0.2) is 47.5 Å². The van der Waals surface area contributed by atoms with Gasteiger partial charge >= 0.3 is 0 Å². The molecule has 0 aliphatic carbocycles. The van der Waals surface area contributed by atoms with Crippen molar-refractivity contribution in [1.82, 2.24) is 4.90 Å². The van der Waals surface area contributed by atoms with E-state index in [1.165, 1.54) is 0 Å². The van der Waals surface area contributed by atoms with Crippen molar-refractivity contribution in [2.45, 2.75) is 38.3 Å². The molecule has 2 aliphatic heterocycles. The Morgan fingerprint density at radius 3 is 1.59 bits per heavy atom. The van der Waals surface area contributed by atoms with Gasteiger partial charge < -0.3 is 18.9 Å². The molecule has 0 unspecified atom stereocenters. The van der Waals surface area contributed by atoms with Crippen LogP contribution in [0.25, 0.3) is 12.2 Å². The molecular formula is C28H33NO5. The third kappa shape index (κ3) is 4.42. The Labute approximate surface area is 201 Å². The maximum Gasteiger partial charge on any atom is 0.188 e. The number of nitrogens with zero attached hydrogens (tertiary/aromatic N) is 1. The van der Waals surface area contributed by atoms with E-state index in [1.807, 2.05) is 48.6 Å². The molecule has 0 saturated carbocycles. The van der Waals surface area contributed by atoms with Crippen LogP contribution in [0.4, 0.5) is 0 Å². The summed E-state index contributed by atoms with van der Waals surface area (Å²) < 4.78 is 21.7. The van der Waals surface area contributed by atoms with Crippen LogP contribution in [0.5, 0.6) is 23.0 Å². The lowest BCUT2D eigenvalue weighted by Gasteiger charge is -2.37. The second kappa shape index (κ2) is 10.3. The van der Waals surface area contributed by atoms with Gasteiger partial charge in [-0.25, -0.2) is 0 Å². The number of fused-ring (bicyclic) bond motifs is 2. The third-order valence-corrected chi connectivity index (χ3v) is 6.70. The van der Waals surface area contributed by atoms with Crippen molar-refractivity contribution in [1.29, 1.82) is 0 Å². The molecule has 2 fully saturated rings. The van der Waals surface area contributed by atoms with E-state index in [4.69, 9.17) is 18.9 Å². The Balaban J connectivity index is 1.78. The zero-order valence-corrected chi connectivity index (χ0v) is 20.6. The number of hydrogen-bond donors (Lipinski definition) is 0. The third-order valence-electron chi connectivity index (χ3n) is 6.70. The van der Waals surface area contributed by atoms with Gasteiger partial charge in [-0.3, -0.25) is 9.69 Å². The minimum Gasteiger partial charge on any atom is -0.493 e. The van der Waals surface area contributed by atoms with E-state index in [2.05, 4.69) is 11.8 Å². The van der Waals surface area contributed by atoms with Crippen LogP contribution >= 0.6 is 0 Å². The molecule has 2 saturated heterocycles. The van der Waals surface area contributed by atoms with Crippen molar-refractivity contribution >= 4 is 17.9 Å². The lowest BCUT2D eigenvalue weighted by molar-refractivity contribution is -0.114. The topological polar surface area (TPSA) is 57.2 Å². The first kappa shape index (κ1) is 23.9. The molecule has 0 aromatic heterocycles. The summed E-state index contributed by atoms with van der Waals surface area (Å²) in [5.74, 6) is 2.75. The fourth-order valence-corrected chi connectivity index (χ4v) is 5.14. The normalized spacial score (nSPS) is 22.3. The summed E-state index contributed by atoms with van der Waals surface area (Å²) in [6.07, 6.45) is 7.01. The number of carbonyl (C=O) groups is 1. The molecule has 2 bridgehead atoms. The molecule has 2 atom stereocenters. The van der Waals surface area contributed by atoms with Crippen molar-refractivity contribution < 1.29 is 23.7 Å². The molecule has 34 heavy (non-hydrogen) atoms. The van der Waals surface area contributed by atoms with Gasteiger partial charge in [0.05, 0.1) is 28.4 Å². The zero-order chi connectivity index (χ0) is 24.2. The van der Waals surface area contributed by atoms with E-state index < -0.39 is 0 Å². The minimum atomic E-state index is 0.115. The first-order chi connectivity index (χ1) is 16.5. The maximum absolute atomic E-state index is 13.8. The predicted molar refractivity (Wildman–Crippen MR) is 134 cm³/mol. The molecule has 0 N–H and O–H groups in total. The van der Waals surface area contributed by atoms with E-state index in [0.717, 1.165) is 48.1 Å². The monoisotopic (exact) mass is 463 g/mol. The Hall–Kier alpha value is -3.25. The molecule has 0 radical (unpaired) electrons. The van der Waals surface area contributed by atoms with Gasteiger partial charge in [-0.2, -0.15) is 0 Å². The lowest BCUT2D eigenvalue weighted by atomic mass is 9.87. The van der Waals surface area contributed by atoms with Crippen LogP contribution in [-0.4, -0.2) is 57.8 Å².